The predicted octanol–water partition coefficient (Wildman–Crippen LogP) is 2.43. The molecule has 0 bridgehead atoms. The zero-order chi connectivity index (χ0) is 14.0. The van der Waals surface area contributed by atoms with Gasteiger partial charge in [-0.2, -0.15) is 0 Å². The van der Waals surface area contributed by atoms with Crippen LogP contribution in [0.1, 0.15) is 52.4 Å². The Labute approximate surface area is 115 Å². The lowest BCUT2D eigenvalue weighted by Gasteiger charge is -2.23. The Morgan fingerprint density at radius 1 is 1.16 bits per heavy atom. The van der Waals surface area contributed by atoms with E-state index in [2.05, 4.69) is 12.2 Å². The van der Waals surface area contributed by atoms with E-state index >= 15 is 0 Å². The van der Waals surface area contributed by atoms with Crippen molar-refractivity contribution in [2.45, 2.75) is 58.4 Å². The molecule has 3 unspecified atom stereocenters. The highest BCUT2D eigenvalue weighted by molar-refractivity contribution is 5.85. The van der Waals surface area contributed by atoms with Crippen LogP contribution in [0, 0.1) is 23.7 Å². The maximum absolute atomic E-state index is 12.3. The molecule has 4 heteroatoms. The van der Waals surface area contributed by atoms with Gasteiger partial charge in [0.1, 0.15) is 0 Å². The average molecular weight is 267 g/mol. The molecule has 2 N–H and O–H groups in total. The summed E-state index contributed by atoms with van der Waals surface area (Å²) >= 11 is 0. The lowest BCUT2D eigenvalue weighted by molar-refractivity contribution is -0.146. The predicted molar refractivity (Wildman–Crippen MR) is 72.6 cm³/mol. The molecule has 4 nitrogen and oxygen atoms in total. The second-order valence-corrected chi connectivity index (χ2v) is 6.47. The van der Waals surface area contributed by atoms with Crippen LogP contribution in [0.25, 0.3) is 0 Å². The largest absolute Gasteiger partial charge is 0.481 e. The van der Waals surface area contributed by atoms with E-state index in [9.17, 15) is 14.7 Å². The number of hydrogen-bond acceptors (Lipinski definition) is 2. The summed E-state index contributed by atoms with van der Waals surface area (Å²) in [5.74, 6) is -0.791. The quantitative estimate of drug-likeness (QED) is 0.822. The Bertz CT molecular complexity index is 349. The van der Waals surface area contributed by atoms with E-state index in [1.165, 1.54) is 25.7 Å². The first-order chi connectivity index (χ1) is 8.99. The minimum absolute atomic E-state index is 0.0452. The molecule has 2 fully saturated rings. The first-order valence-corrected chi connectivity index (χ1v) is 7.52. The van der Waals surface area contributed by atoms with Gasteiger partial charge in [-0.3, -0.25) is 9.59 Å². The lowest BCUT2D eigenvalue weighted by Crippen LogP contribution is -2.42. The standard InChI is InChI=1S/C15H25NO3/c1-9-7-12(13(8-9)15(18)19)14(17)16-10(2)11-5-3-4-6-11/h9-13H,3-8H2,1-2H3,(H,16,17)(H,18,19)/t9?,10-,12?,13?/m1/s1. The van der Waals surface area contributed by atoms with Gasteiger partial charge in [0.25, 0.3) is 0 Å². The summed E-state index contributed by atoms with van der Waals surface area (Å²) in [6, 6.07) is 0.181. The van der Waals surface area contributed by atoms with Gasteiger partial charge in [-0.05, 0) is 44.4 Å². The molecule has 0 aromatic rings. The molecule has 0 spiro atoms. The highest BCUT2D eigenvalue weighted by atomic mass is 16.4. The minimum atomic E-state index is -0.821. The third-order valence-corrected chi connectivity index (χ3v) is 4.93. The zero-order valence-corrected chi connectivity index (χ0v) is 11.9. The number of carbonyl (C=O) groups excluding carboxylic acids is 1. The molecule has 108 valence electrons. The number of nitrogens with one attached hydrogen (secondary N) is 1. The fourth-order valence-electron chi connectivity index (χ4n) is 3.76. The Balaban J connectivity index is 1.92. The van der Waals surface area contributed by atoms with Crippen LogP contribution >= 0.6 is 0 Å². The van der Waals surface area contributed by atoms with E-state index in [1.807, 2.05) is 6.92 Å². The van der Waals surface area contributed by atoms with Crippen molar-refractivity contribution in [1.82, 2.24) is 5.32 Å². The van der Waals surface area contributed by atoms with Gasteiger partial charge in [0, 0.05) is 6.04 Å². The molecule has 2 rings (SSSR count). The molecule has 0 aromatic heterocycles. The molecule has 1 amide bonds. The van der Waals surface area contributed by atoms with Gasteiger partial charge >= 0.3 is 5.97 Å². The summed E-state index contributed by atoms with van der Waals surface area (Å²) in [5.41, 5.74) is 0. The summed E-state index contributed by atoms with van der Waals surface area (Å²) in [4.78, 5) is 23.5. The molecule has 19 heavy (non-hydrogen) atoms. The van der Waals surface area contributed by atoms with Crippen molar-refractivity contribution in [3.63, 3.8) is 0 Å². The van der Waals surface area contributed by atoms with Gasteiger partial charge < -0.3 is 10.4 Å². The summed E-state index contributed by atoms with van der Waals surface area (Å²) in [6.45, 7) is 4.09. The van der Waals surface area contributed by atoms with Crippen LogP contribution in [0.2, 0.25) is 0 Å². The van der Waals surface area contributed by atoms with E-state index in [-0.39, 0.29) is 17.9 Å². The molecule has 0 saturated heterocycles. The summed E-state index contributed by atoms with van der Waals surface area (Å²) in [5, 5.41) is 12.3. The monoisotopic (exact) mass is 267 g/mol. The Kier molecular flexibility index (Phi) is 4.48. The molecule has 2 aliphatic rings. The summed E-state index contributed by atoms with van der Waals surface area (Å²) < 4.78 is 0. The third kappa shape index (κ3) is 3.28. The number of aliphatic carboxylic acids is 1. The fourth-order valence-corrected chi connectivity index (χ4v) is 3.76. The Hall–Kier alpha value is -1.06. The third-order valence-electron chi connectivity index (χ3n) is 4.93. The van der Waals surface area contributed by atoms with Crippen LogP contribution in [-0.2, 0) is 9.59 Å². The van der Waals surface area contributed by atoms with Crippen LogP contribution in [0.4, 0.5) is 0 Å². The molecular weight excluding hydrogens is 242 g/mol. The number of carboxylic acid groups (broad SMARTS) is 1. The van der Waals surface area contributed by atoms with E-state index < -0.39 is 11.9 Å². The van der Waals surface area contributed by atoms with E-state index in [0.717, 1.165) is 0 Å². The van der Waals surface area contributed by atoms with Crippen LogP contribution < -0.4 is 5.32 Å². The van der Waals surface area contributed by atoms with Crippen molar-refractivity contribution in [2.75, 3.05) is 0 Å². The van der Waals surface area contributed by atoms with E-state index in [1.54, 1.807) is 0 Å². The Morgan fingerprint density at radius 3 is 2.32 bits per heavy atom. The van der Waals surface area contributed by atoms with Gasteiger partial charge in [0.2, 0.25) is 5.91 Å². The lowest BCUT2D eigenvalue weighted by atomic mass is 9.93. The molecular formula is C15H25NO3. The molecule has 0 heterocycles. The maximum Gasteiger partial charge on any atom is 0.307 e. The van der Waals surface area contributed by atoms with Crippen molar-refractivity contribution >= 4 is 11.9 Å². The molecule has 2 saturated carbocycles. The van der Waals surface area contributed by atoms with Crippen molar-refractivity contribution in [3.8, 4) is 0 Å². The normalized spacial score (nSPS) is 33.3. The van der Waals surface area contributed by atoms with Crippen LogP contribution in [0.15, 0.2) is 0 Å². The van der Waals surface area contributed by atoms with Crippen LogP contribution in [-0.4, -0.2) is 23.0 Å². The number of carbonyl (C=O) groups is 2. The smallest absolute Gasteiger partial charge is 0.307 e. The van der Waals surface area contributed by atoms with Crippen molar-refractivity contribution in [1.29, 1.82) is 0 Å². The van der Waals surface area contributed by atoms with Gasteiger partial charge in [0.15, 0.2) is 0 Å². The first-order valence-electron chi connectivity index (χ1n) is 7.52. The van der Waals surface area contributed by atoms with Crippen LogP contribution in [0.5, 0.6) is 0 Å². The highest BCUT2D eigenvalue weighted by Crippen LogP contribution is 2.37. The van der Waals surface area contributed by atoms with Gasteiger partial charge in [-0.25, -0.2) is 0 Å². The zero-order valence-electron chi connectivity index (χ0n) is 11.9. The van der Waals surface area contributed by atoms with Gasteiger partial charge in [0.05, 0.1) is 11.8 Å². The Morgan fingerprint density at radius 2 is 1.74 bits per heavy atom. The van der Waals surface area contributed by atoms with Crippen molar-refractivity contribution in [3.05, 3.63) is 0 Å². The number of carboxylic acids is 1. The molecule has 0 aliphatic heterocycles. The summed E-state index contributed by atoms with van der Waals surface area (Å²) in [6.07, 6.45) is 6.22. The number of hydrogen-bond donors (Lipinski definition) is 2. The van der Waals surface area contributed by atoms with Gasteiger partial charge in [-0.15, -0.1) is 0 Å². The maximum atomic E-state index is 12.3. The highest BCUT2D eigenvalue weighted by Gasteiger charge is 2.41. The van der Waals surface area contributed by atoms with Crippen molar-refractivity contribution < 1.29 is 14.7 Å². The van der Waals surface area contributed by atoms with E-state index in [0.29, 0.717) is 24.7 Å². The van der Waals surface area contributed by atoms with Crippen molar-refractivity contribution in [2.24, 2.45) is 23.7 Å². The second-order valence-electron chi connectivity index (χ2n) is 6.47. The average Bonchev–Trinajstić information content (AvgIpc) is 2.96. The molecule has 2 aliphatic carbocycles. The summed E-state index contributed by atoms with van der Waals surface area (Å²) in [7, 11) is 0. The fraction of sp³-hybridized carbons (Fsp3) is 0.867. The SMILES string of the molecule is CC1CC(C(=O)O)C(C(=O)N[C@H](C)C2CCCC2)C1. The second kappa shape index (κ2) is 5.93. The van der Waals surface area contributed by atoms with Crippen LogP contribution in [0.3, 0.4) is 0 Å². The van der Waals surface area contributed by atoms with E-state index in [4.69, 9.17) is 0 Å². The minimum Gasteiger partial charge on any atom is -0.481 e. The molecule has 0 aromatic carbocycles. The van der Waals surface area contributed by atoms with Gasteiger partial charge in [-0.1, -0.05) is 19.8 Å². The first kappa shape index (κ1) is 14.4. The molecule has 0 radical (unpaired) electrons. The number of amides is 1. The topological polar surface area (TPSA) is 66.4 Å². The number of rotatable bonds is 4. The molecule has 4 atom stereocenters.